The number of anilines is 1. The Balaban J connectivity index is 2.55. The second kappa shape index (κ2) is 7.29. The lowest BCUT2D eigenvalue weighted by molar-refractivity contribution is 0.100. The first-order chi connectivity index (χ1) is 8.15. The molecule has 1 rings (SSSR count). The molecule has 0 heterocycles. The molecule has 0 spiro atoms. The Morgan fingerprint density at radius 3 is 2.76 bits per heavy atom. The molecule has 0 unspecified atom stereocenters. The van der Waals surface area contributed by atoms with Crippen LogP contribution in [0.4, 0.5) is 5.69 Å². The van der Waals surface area contributed by atoms with Gasteiger partial charge in [0.25, 0.3) is 5.91 Å². The quantitative estimate of drug-likeness (QED) is 0.674. The number of benzene rings is 1. The van der Waals surface area contributed by atoms with Gasteiger partial charge in [0.15, 0.2) is 0 Å². The van der Waals surface area contributed by atoms with Crippen molar-refractivity contribution in [2.75, 3.05) is 25.0 Å². The third-order valence-corrected chi connectivity index (χ3v) is 2.78. The smallest absolute Gasteiger partial charge is 0.250 e. The summed E-state index contributed by atoms with van der Waals surface area (Å²) in [6, 6.07) is 5.46. The SMILES string of the molecule is CCCNCCNc1ccc(Br)cc1C(N)=O. The van der Waals surface area contributed by atoms with Crippen molar-refractivity contribution in [1.29, 1.82) is 0 Å². The van der Waals surface area contributed by atoms with Gasteiger partial charge >= 0.3 is 0 Å². The first kappa shape index (κ1) is 14.0. The fourth-order valence-electron chi connectivity index (χ4n) is 1.46. The highest BCUT2D eigenvalue weighted by Gasteiger charge is 2.07. The minimum absolute atomic E-state index is 0.421. The highest BCUT2D eigenvalue weighted by molar-refractivity contribution is 9.10. The van der Waals surface area contributed by atoms with E-state index in [4.69, 9.17) is 5.73 Å². The summed E-state index contributed by atoms with van der Waals surface area (Å²) < 4.78 is 0.848. The van der Waals surface area contributed by atoms with Crippen molar-refractivity contribution < 1.29 is 4.79 Å². The van der Waals surface area contributed by atoms with E-state index in [-0.39, 0.29) is 0 Å². The van der Waals surface area contributed by atoms with Crippen molar-refractivity contribution in [3.05, 3.63) is 28.2 Å². The molecule has 1 amide bonds. The molecule has 0 aliphatic rings. The van der Waals surface area contributed by atoms with Crippen molar-refractivity contribution in [3.63, 3.8) is 0 Å². The molecule has 0 radical (unpaired) electrons. The van der Waals surface area contributed by atoms with E-state index in [1.54, 1.807) is 6.07 Å². The topological polar surface area (TPSA) is 67.2 Å². The Labute approximate surface area is 110 Å². The minimum Gasteiger partial charge on any atom is -0.383 e. The van der Waals surface area contributed by atoms with Gasteiger partial charge in [0.2, 0.25) is 0 Å². The first-order valence-electron chi connectivity index (χ1n) is 5.69. The van der Waals surface area contributed by atoms with Crippen molar-refractivity contribution >= 4 is 27.5 Å². The monoisotopic (exact) mass is 299 g/mol. The zero-order valence-corrected chi connectivity index (χ0v) is 11.5. The fourth-order valence-corrected chi connectivity index (χ4v) is 1.82. The molecule has 0 bridgehead atoms. The summed E-state index contributed by atoms with van der Waals surface area (Å²) in [5.41, 5.74) is 6.61. The number of amides is 1. The summed E-state index contributed by atoms with van der Waals surface area (Å²) in [5, 5.41) is 6.47. The number of halogens is 1. The molecule has 0 aliphatic carbocycles. The van der Waals surface area contributed by atoms with Crippen LogP contribution in [0.2, 0.25) is 0 Å². The Hall–Kier alpha value is -1.07. The Morgan fingerprint density at radius 1 is 1.35 bits per heavy atom. The Kier molecular flexibility index (Phi) is 6.00. The second-order valence-electron chi connectivity index (χ2n) is 3.73. The van der Waals surface area contributed by atoms with E-state index in [0.29, 0.717) is 5.56 Å². The molecular weight excluding hydrogens is 282 g/mol. The van der Waals surface area contributed by atoms with E-state index < -0.39 is 5.91 Å². The maximum Gasteiger partial charge on any atom is 0.250 e. The zero-order valence-electron chi connectivity index (χ0n) is 9.92. The molecule has 1 aromatic carbocycles. The third kappa shape index (κ3) is 4.75. The Bertz CT molecular complexity index is 382. The summed E-state index contributed by atoms with van der Waals surface area (Å²) in [7, 11) is 0. The molecule has 4 N–H and O–H groups in total. The van der Waals surface area contributed by atoms with E-state index in [0.717, 1.165) is 36.2 Å². The van der Waals surface area contributed by atoms with Gasteiger partial charge in [-0.25, -0.2) is 0 Å². The summed E-state index contributed by atoms with van der Waals surface area (Å²) in [5.74, 6) is -0.421. The lowest BCUT2D eigenvalue weighted by atomic mass is 10.1. The lowest BCUT2D eigenvalue weighted by Gasteiger charge is -2.10. The van der Waals surface area contributed by atoms with E-state index in [1.165, 1.54) is 0 Å². The van der Waals surface area contributed by atoms with Crippen LogP contribution in [0.3, 0.4) is 0 Å². The molecule has 0 fully saturated rings. The van der Waals surface area contributed by atoms with Crippen molar-refractivity contribution in [2.24, 2.45) is 5.73 Å². The van der Waals surface area contributed by atoms with Crippen LogP contribution in [0.15, 0.2) is 22.7 Å². The maximum atomic E-state index is 11.3. The number of nitrogens with one attached hydrogen (secondary N) is 2. The van der Waals surface area contributed by atoms with Crippen LogP contribution in [0.5, 0.6) is 0 Å². The largest absolute Gasteiger partial charge is 0.383 e. The molecule has 17 heavy (non-hydrogen) atoms. The van der Waals surface area contributed by atoms with Crippen LogP contribution in [-0.2, 0) is 0 Å². The maximum absolute atomic E-state index is 11.3. The predicted octanol–water partition coefficient (Wildman–Crippen LogP) is 1.96. The molecule has 5 heteroatoms. The van der Waals surface area contributed by atoms with Crippen LogP contribution in [0, 0.1) is 0 Å². The number of carbonyl (C=O) groups is 1. The minimum atomic E-state index is -0.421. The number of rotatable bonds is 7. The Morgan fingerprint density at radius 2 is 2.12 bits per heavy atom. The molecule has 0 atom stereocenters. The van der Waals surface area contributed by atoms with Crippen molar-refractivity contribution in [2.45, 2.75) is 13.3 Å². The normalized spacial score (nSPS) is 10.2. The summed E-state index contributed by atoms with van der Waals surface area (Å²) in [6.07, 6.45) is 1.12. The molecule has 4 nitrogen and oxygen atoms in total. The van der Waals surface area contributed by atoms with E-state index >= 15 is 0 Å². The number of primary amides is 1. The molecule has 0 aromatic heterocycles. The molecule has 0 saturated heterocycles. The molecule has 94 valence electrons. The average molecular weight is 300 g/mol. The van der Waals surface area contributed by atoms with Gasteiger partial charge in [0, 0.05) is 23.2 Å². The number of nitrogens with two attached hydrogens (primary N) is 1. The van der Waals surface area contributed by atoms with Gasteiger partial charge in [-0.05, 0) is 31.2 Å². The van der Waals surface area contributed by atoms with Gasteiger partial charge < -0.3 is 16.4 Å². The predicted molar refractivity (Wildman–Crippen MR) is 74.3 cm³/mol. The van der Waals surface area contributed by atoms with Crippen LogP contribution >= 0.6 is 15.9 Å². The van der Waals surface area contributed by atoms with E-state index in [1.807, 2.05) is 12.1 Å². The zero-order chi connectivity index (χ0) is 12.7. The summed E-state index contributed by atoms with van der Waals surface area (Å²) >= 11 is 3.32. The van der Waals surface area contributed by atoms with Gasteiger partial charge in [-0.3, -0.25) is 4.79 Å². The summed E-state index contributed by atoms with van der Waals surface area (Å²) in [6.45, 7) is 4.76. The van der Waals surface area contributed by atoms with Crippen molar-refractivity contribution in [1.82, 2.24) is 5.32 Å². The number of hydrogen-bond acceptors (Lipinski definition) is 3. The fraction of sp³-hybridized carbons (Fsp3) is 0.417. The van der Waals surface area contributed by atoms with E-state index in [2.05, 4.69) is 33.5 Å². The number of hydrogen-bond donors (Lipinski definition) is 3. The molecule has 0 saturated carbocycles. The van der Waals surface area contributed by atoms with Crippen LogP contribution in [0.25, 0.3) is 0 Å². The third-order valence-electron chi connectivity index (χ3n) is 2.29. The van der Waals surface area contributed by atoms with Crippen LogP contribution in [-0.4, -0.2) is 25.5 Å². The van der Waals surface area contributed by atoms with Gasteiger partial charge in [-0.1, -0.05) is 22.9 Å². The van der Waals surface area contributed by atoms with Crippen LogP contribution < -0.4 is 16.4 Å². The number of carbonyl (C=O) groups excluding carboxylic acids is 1. The molecule has 0 aliphatic heterocycles. The second-order valence-corrected chi connectivity index (χ2v) is 4.65. The highest BCUT2D eigenvalue weighted by Crippen LogP contribution is 2.20. The lowest BCUT2D eigenvalue weighted by Crippen LogP contribution is -2.24. The van der Waals surface area contributed by atoms with Gasteiger partial charge in [-0.2, -0.15) is 0 Å². The standard InChI is InChI=1S/C12H18BrN3O/c1-2-5-15-6-7-16-11-4-3-9(13)8-10(11)12(14)17/h3-4,8,15-16H,2,5-7H2,1H3,(H2,14,17). The van der Waals surface area contributed by atoms with E-state index in [9.17, 15) is 4.79 Å². The molecule has 1 aromatic rings. The van der Waals surface area contributed by atoms with Gasteiger partial charge in [0.05, 0.1) is 5.56 Å². The van der Waals surface area contributed by atoms with Crippen molar-refractivity contribution in [3.8, 4) is 0 Å². The first-order valence-corrected chi connectivity index (χ1v) is 6.48. The average Bonchev–Trinajstić information content (AvgIpc) is 2.30. The van der Waals surface area contributed by atoms with Crippen LogP contribution in [0.1, 0.15) is 23.7 Å². The van der Waals surface area contributed by atoms with Gasteiger partial charge in [0.1, 0.15) is 0 Å². The van der Waals surface area contributed by atoms with Gasteiger partial charge in [-0.15, -0.1) is 0 Å². The summed E-state index contributed by atoms with van der Waals surface area (Å²) in [4.78, 5) is 11.3. The highest BCUT2D eigenvalue weighted by atomic mass is 79.9. The molecular formula is C12H18BrN3O.